The lowest BCUT2D eigenvalue weighted by atomic mass is 10.0. The quantitative estimate of drug-likeness (QED) is 0.552. The normalized spacial score (nSPS) is 11.2. The highest BCUT2D eigenvalue weighted by molar-refractivity contribution is 5.86. The molecule has 3 aromatic carbocycles. The minimum Gasteiger partial charge on any atom is -0.507 e. The van der Waals surface area contributed by atoms with Gasteiger partial charge < -0.3 is 24.4 Å². The molecule has 0 saturated heterocycles. The van der Waals surface area contributed by atoms with Gasteiger partial charge in [-0.05, 0) is 41.5 Å². The number of phenolic OH excluding ortho intramolecular Hbond substituents is 1. The average Bonchev–Trinajstić information content (AvgIpc) is 2.77. The van der Waals surface area contributed by atoms with Crippen LogP contribution >= 0.6 is 0 Å². The van der Waals surface area contributed by atoms with E-state index in [1.807, 2.05) is 42.5 Å². The third kappa shape index (κ3) is 5.09. The molecule has 0 radical (unpaired) electrons. The van der Waals surface area contributed by atoms with Crippen LogP contribution in [-0.4, -0.2) is 31.0 Å². The number of aliphatic hydroxyl groups is 1. The van der Waals surface area contributed by atoms with Crippen LogP contribution in [0.15, 0.2) is 66.7 Å². The maximum Gasteiger partial charge on any atom is 0.130 e. The Hall–Kier alpha value is -3.44. The van der Waals surface area contributed by atoms with Gasteiger partial charge in [0, 0.05) is 23.3 Å². The van der Waals surface area contributed by atoms with Gasteiger partial charge in [0.2, 0.25) is 0 Å². The molecule has 150 valence electrons. The van der Waals surface area contributed by atoms with Crippen LogP contribution in [0, 0.1) is 0 Å². The Labute approximate surface area is 170 Å². The molecule has 0 bridgehead atoms. The maximum atomic E-state index is 10.2. The van der Waals surface area contributed by atoms with Crippen molar-refractivity contribution in [2.24, 2.45) is 0 Å². The zero-order valence-corrected chi connectivity index (χ0v) is 16.5. The first-order chi connectivity index (χ1) is 14.1. The highest BCUT2D eigenvalue weighted by Crippen LogP contribution is 2.33. The summed E-state index contributed by atoms with van der Waals surface area (Å²) >= 11 is 0. The van der Waals surface area contributed by atoms with Gasteiger partial charge in [0.25, 0.3) is 0 Å². The minimum atomic E-state index is -0.216. The number of benzene rings is 3. The molecule has 29 heavy (non-hydrogen) atoms. The second-order valence-electron chi connectivity index (χ2n) is 6.39. The van der Waals surface area contributed by atoms with Gasteiger partial charge in [-0.25, -0.2) is 0 Å². The minimum absolute atomic E-state index is 0.0667. The largest absolute Gasteiger partial charge is 0.507 e. The van der Waals surface area contributed by atoms with Gasteiger partial charge in [0.15, 0.2) is 0 Å². The van der Waals surface area contributed by atoms with Crippen molar-refractivity contribution in [2.75, 3.05) is 20.8 Å². The van der Waals surface area contributed by atoms with Crippen LogP contribution in [0.3, 0.4) is 0 Å². The molecule has 5 heteroatoms. The number of ether oxygens (including phenoxy) is 3. The summed E-state index contributed by atoms with van der Waals surface area (Å²) in [6.45, 7) is 0.234. The fraction of sp³-hybridized carbons (Fsp3) is 0.167. The Kier molecular flexibility index (Phi) is 6.76. The van der Waals surface area contributed by atoms with Crippen molar-refractivity contribution in [3.05, 3.63) is 83.4 Å². The van der Waals surface area contributed by atoms with Gasteiger partial charge in [-0.2, -0.15) is 0 Å². The lowest BCUT2D eigenvalue weighted by molar-refractivity contribution is 0.303. The topological polar surface area (TPSA) is 68.2 Å². The first-order valence-corrected chi connectivity index (χ1v) is 9.18. The molecule has 0 aliphatic carbocycles. The molecule has 0 unspecified atom stereocenters. The van der Waals surface area contributed by atoms with Gasteiger partial charge >= 0.3 is 0 Å². The molecule has 0 saturated carbocycles. The SMILES string of the molecule is COc1ccc(/C=C(\CO)c2ccc(OCc3ccccc3)cc2OC)c(O)c1. The van der Waals surface area contributed by atoms with E-state index in [1.165, 1.54) is 13.2 Å². The Morgan fingerprint density at radius 2 is 1.66 bits per heavy atom. The molecule has 0 atom stereocenters. The van der Waals surface area contributed by atoms with E-state index in [-0.39, 0.29) is 12.4 Å². The zero-order chi connectivity index (χ0) is 20.6. The number of hydrogen-bond donors (Lipinski definition) is 2. The molecule has 3 rings (SSSR count). The van der Waals surface area contributed by atoms with Crippen molar-refractivity contribution in [1.29, 1.82) is 0 Å². The van der Waals surface area contributed by atoms with Crippen molar-refractivity contribution in [1.82, 2.24) is 0 Å². The first kappa shape index (κ1) is 20.3. The smallest absolute Gasteiger partial charge is 0.130 e. The molecule has 0 amide bonds. The summed E-state index contributed by atoms with van der Waals surface area (Å²) in [6, 6.07) is 20.4. The van der Waals surface area contributed by atoms with Crippen molar-refractivity contribution in [3.8, 4) is 23.0 Å². The average molecular weight is 392 g/mol. The van der Waals surface area contributed by atoms with Crippen molar-refractivity contribution >= 4 is 11.6 Å². The van der Waals surface area contributed by atoms with E-state index in [9.17, 15) is 10.2 Å². The first-order valence-electron chi connectivity index (χ1n) is 9.18. The standard InChI is InChI=1S/C24H24O5/c1-27-20-9-8-18(23(26)13-20)12-19(15-25)22-11-10-21(14-24(22)28-2)29-16-17-6-4-3-5-7-17/h3-14,25-26H,15-16H2,1-2H3/b19-12+. The Morgan fingerprint density at radius 3 is 2.31 bits per heavy atom. The fourth-order valence-electron chi connectivity index (χ4n) is 2.94. The molecule has 0 aliphatic heterocycles. The fourth-order valence-corrected chi connectivity index (χ4v) is 2.94. The number of aromatic hydroxyl groups is 1. The Balaban J connectivity index is 1.86. The van der Waals surface area contributed by atoms with Crippen molar-refractivity contribution < 1.29 is 24.4 Å². The van der Waals surface area contributed by atoms with Gasteiger partial charge in [-0.15, -0.1) is 0 Å². The number of phenols is 1. The number of methoxy groups -OCH3 is 2. The van der Waals surface area contributed by atoms with E-state index < -0.39 is 0 Å². The molecule has 0 aromatic heterocycles. The molecule has 0 heterocycles. The predicted octanol–water partition coefficient (Wildman–Crippen LogP) is 4.52. The van der Waals surface area contributed by atoms with Crippen LogP contribution in [0.1, 0.15) is 16.7 Å². The second kappa shape index (κ2) is 9.66. The number of rotatable bonds is 8. The molecular formula is C24H24O5. The van der Waals surface area contributed by atoms with Crippen LogP contribution in [0.4, 0.5) is 0 Å². The third-order valence-corrected chi connectivity index (χ3v) is 4.50. The Morgan fingerprint density at radius 1 is 0.897 bits per heavy atom. The van der Waals surface area contributed by atoms with Gasteiger partial charge in [0.1, 0.15) is 29.6 Å². The lowest BCUT2D eigenvalue weighted by Gasteiger charge is -2.14. The summed E-state index contributed by atoms with van der Waals surface area (Å²) in [7, 11) is 3.11. The summed E-state index contributed by atoms with van der Waals surface area (Å²) in [4.78, 5) is 0. The molecule has 2 N–H and O–H groups in total. The lowest BCUT2D eigenvalue weighted by Crippen LogP contribution is -1.99. The zero-order valence-electron chi connectivity index (χ0n) is 16.5. The maximum absolute atomic E-state index is 10.2. The summed E-state index contributed by atoms with van der Waals surface area (Å²) in [5, 5.41) is 20.1. The number of aliphatic hydroxyl groups excluding tert-OH is 1. The van der Waals surface area contributed by atoms with E-state index in [1.54, 1.807) is 31.4 Å². The summed E-state index contributed by atoms with van der Waals surface area (Å²) in [5.74, 6) is 1.86. The van der Waals surface area contributed by atoms with E-state index in [0.29, 0.717) is 35.0 Å². The van der Waals surface area contributed by atoms with Crippen LogP contribution < -0.4 is 14.2 Å². The van der Waals surface area contributed by atoms with Crippen LogP contribution in [0.2, 0.25) is 0 Å². The monoisotopic (exact) mass is 392 g/mol. The van der Waals surface area contributed by atoms with Crippen molar-refractivity contribution in [2.45, 2.75) is 6.61 Å². The molecule has 0 aliphatic rings. The van der Waals surface area contributed by atoms with Crippen LogP contribution in [0.5, 0.6) is 23.0 Å². The van der Waals surface area contributed by atoms with Gasteiger partial charge in [-0.3, -0.25) is 0 Å². The van der Waals surface area contributed by atoms with Crippen molar-refractivity contribution in [3.63, 3.8) is 0 Å². The summed E-state index contributed by atoms with van der Waals surface area (Å²) in [6.07, 6.45) is 1.72. The van der Waals surface area contributed by atoms with E-state index >= 15 is 0 Å². The van der Waals surface area contributed by atoms with E-state index in [4.69, 9.17) is 14.2 Å². The molecular weight excluding hydrogens is 368 g/mol. The molecule has 0 spiro atoms. The Bertz CT molecular complexity index is 980. The number of hydrogen-bond acceptors (Lipinski definition) is 5. The third-order valence-electron chi connectivity index (χ3n) is 4.50. The summed E-state index contributed by atoms with van der Waals surface area (Å²) < 4.78 is 16.5. The molecule has 0 fully saturated rings. The van der Waals surface area contributed by atoms with Crippen LogP contribution in [-0.2, 0) is 6.61 Å². The predicted molar refractivity (Wildman–Crippen MR) is 113 cm³/mol. The van der Waals surface area contributed by atoms with Gasteiger partial charge in [-0.1, -0.05) is 30.3 Å². The van der Waals surface area contributed by atoms with E-state index in [2.05, 4.69) is 0 Å². The van der Waals surface area contributed by atoms with E-state index in [0.717, 1.165) is 11.1 Å². The van der Waals surface area contributed by atoms with Crippen LogP contribution in [0.25, 0.3) is 11.6 Å². The van der Waals surface area contributed by atoms with Gasteiger partial charge in [0.05, 0.1) is 20.8 Å². The summed E-state index contributed by atoms with van der Waals surface area (Å²) in [5.41, 5.74) is 2.97. The molecule has 3 aromatic rings. The molecule has 5 nitrogen and oxygen atoms in total. The second-order valence-corrected chi connectivity index (χ2v) is 6.39. The highest BCUT2D eigenvalue weighted by atomic mass is 16.5. The highest BCUT2D eigenvalue weighted by Gasteiger charge is 2.11.